The predicted molar refractivity (Wildman–Crippen MR) is 109 cm³/mol. The van der Waals surface area contributed by atoms with E-state index in [4.69, 9.17) is 13.9 Å². The van der Waals surface area contributed by atoms with Crippen LogP contribution < -0.4 is 0 Å². The Labute approximate surface area is 179 Å². The highest BCUT2D eigenvalue weighted by Gasteiger charge is 2.52. The van der Waals surface area contributed by atoms with E-state index in [2.05, 4.69) is 0 Å². The second-order valence-corrected chi connectivity index (χ2v) is 8.18. The van der Waals surface area contributed by atoms with Crippen LogP contribution in [0.25, 0.3) is 0 Å². The van der Waals surface area contributed by atoms with Gasteiger partial charge in [0.25, 0.3) is 5.91 Å². The molecular formula is C24H23NO6. The molecule has 1 saturated carbocycles. The van der Waals surface area contributed by atoms with Crippen molar-refractivity contribution < 1.29 is 28.3 Å². The fourth-order valence-corrected chi connectivity index (χ4v) is 4.89. The summed E-state index contributed by atoms with van der Waals surface area (Å²) in [5.74, 6) is -0.158. The quantitative estimate of drug-likeness (QED) is 0.702. The van der Waals surface area contributed by atoms with Crippen molar-refractivity contribution in [1.82, 2.24) is 4.90 Å². The summed E-state index contributed by atoms with van der Waals surface area (Å²) in [7, 11) is 1.33. The molecule has 5 rings (SSSR count). The van der Waals surface area contributed by atoms with Crippen LogP contribution in [0.1, 0.15) is 53.4 Å². The average Bonchev–Trinajstić information content (AvgIpc) is 3.41. The summed E-state index contributed by atoms with van der Waals surface area (Å²) in [6.07, 6.45) is 4.88. The van der Waals surface area contributed by atoms with Crippen molar-refractivity contribution in [3.63, 3.8) is 0 Å². The van der Waals surface area contributed by atoms with E-state index in [0.717, 1.165) is 31.2 Å². The first-order chi connectivity index (χ1) is 15.1. The van der Waals surface area contributed by atoms with Crippen LogP contribution in [-0.2, 0) is 25.6 Å². The summed E-state index contributed by atoms with van der Waals surface area (Å²) in [6, 6.07) is 9.78. The third-order valence-electron chi connectivity index (χ3n) is 6.41. The number of carbonyl (C=O) groups is 3. The Morgan fingerprint density at radius 3 is 2.61 bits per heavy atom. The minimum absolute atomic E-state index is 0.00305. The van der Waals surface area contributed by atoms with Crippen molar-refractivity contribution in [3.05, 3.63) is 70.9 Å². The molecular weight excluding hydrogens is 398 g/mol. The zero-order valence-electron chi connectivity index (χ0n) is 17.2. The molecule has 1 amide bonds. The lowest BCUT2D eigenvalue weighted by molar-refractivity contribution is -0.135. The van der Waals surface area contributed by atoms with Crippen LogP contribution in [-0.4, -0.2) is 35.8 Å². The molecule has 0 radical (unpaired) electrons. The number of esters is 1. The van der Waals surface area contributed by atoms with Gasteiger partial charge in [-0.15, -0.1) is 0 Å². The van der Waals surface area contributed by atoms with Gasteiger partial charge in [0, 0.05) is 0 Å². The van der Waals surface area contributed by atoms with Crippen LogP contribution in [0, 0.1) is 5.92 Å². The molecule has 3 unspecified atom stereocenters. The molecule has 7 nitrogen and oxygen atoms in total. The molecule has 3 atom stereocenters. The summed E-state index contributed by atoms with van der Waals surface area (Å²) in [5.41, 5.74) is 1.57. The minimum Gasteiger partial charge on any atom is -0.483 e. The SMILES string of the molecule is COC(=O)c1ccc(C2C3=C(OC4CCCCC4C3=O)C(=O)N2Cc2ccco2)cc1. The lowest BCUT2D eigenvalue weighted by atomic mass is 9.77. The lowest BCUT2D eigenvalue weighted by Crippen LogP contribution is -2.39. The van der Waals surface area contributed by atoms with Crippen molar-refractivity contribution in [2.24, 2.45) is 5.92 Å². The molecule has 0 N–H and O–H groups in total. The number of amides is 1. The van der Waals surface area contributed by atoms with Gasteiger partial charge in [-0.05, 0) is 49.1 Å². The van der Waals surface area contributed by atoms with Crippen LogP contribution in [0.5, 0.6) is 0 Å². The molecule has 3 heterocycles. The number of carbonyl (C=O) groups excluding carboxylic acids is 3. The van der Waals surface area contributed by atoms with E-state index in [9.17, 15) is 14.4 Å². The number of methoxy groups -OCH3 is 1. The molecule has 1 aromatic heterocycles. The fourth-order valence-electron chi connectivity index (χ4n) is 4.89. The van der Waals surface area contributed by atoms with Crippen LogP contribution in [0.2, 0.25) is 0 Å². The van der Waals surface area contributed by atoms with Crippen molar-refractivity contribution >= 4 is 17.7 Å². The smallest absolute Gasteiger partial charge is 0.337 e. The molecule has 0 bridgehead atoms. The lowest BCUT2D eigenvalue weighted by Gasteiger charge is -2.35. The van der Waals surface area contributed by atoms with Gasteiger partial charge in [-0.1, -0.05) is 18.6 Å². The van der Waals surface area contributed by atoms with E-state index in [1.807, 2.05) is 0 Å². The number of ether oxygens (including phenoxy) is 2. The molecule has 0 saturated heterocycles. The van der Waals surface area contributed by atoms with Gasteiger partial charge in [-0.3, -0.25) is 9.59 Å². The Morgan fingerprint density at radius 2 is 1.90 bits per heavy atom. The van der Waals surface area contributed by atoms with Gasteiger partial charge < -0.3 is 18.8 Å². The molecule has 1 aromatic carbocycles. The van der Waals surface area contributed by atoms with Gasteiger partial charge in [0.2, 0.25) is 0 Å². The Hall–Kier alpha value is -3.35. The van der Waals surface area contributed by atoms with Crippen molar-refractivity contribution in [1.29, 1.82) is 0 Å². The van der Waals surface area contributed by atoms with E-state index < -0.39 is 12.0 Å². The van der Waals surface area contributed by atoms with E-state index in [0.29, 0.717) is 16.9 Å². The van der Waals surface area contributed by atoms with Crippen LogP contribution >= 0.6 is 0 Å². The minimum atomic E-state index is -0.588. The molecule has 7 heteroatoms. The molecule has 2 aromatic rings. The highest BCUT2D eigenvalue weighted by Crippen LogP contribution is 2.47. The van der Waals surface area contributed by atoms with Crippen LogP contribution in [0.3, 0.4) is 0 Å². The number of hydrogen-bond donors (Lipinski definition) is 0. The summed E-state index contributed by atoms with van der Waals surface area (Å²) in [4.78, 5) is 40.3. The highest BCUT2D eigenvalue weighted by atomic mass is 16.5. The number of rotatable bonds is 4. The zero-order chi connectivity index (χ0) is 21.5. The molecule has 160 valence electrons. The Kier molecular flexibility index (Phi) is 4.88. The van der Waals surface area contributed by atoms with Gasteiger partial charge in [-0.25, -0.2) is 4.79 Å². The zero-order valence-corrected chi connectivity index (χ0v) is 17.2. The van der Waals surface area contributed by atoms with E-state index >= 15 is 0 Å². The first-order valence-corrected chi connectivity index (χ1v) is 10.5. The fraction of sp³-hybridized carbons (Fsp3) is 0.375. The van der Waals surface area contributed by atoms with E-state index in [1.54, 1.807) is 47.6 Å². The van der Waals surface area contributed by atoms with Gasteiger partial charge >= 0.3 is 5.97 Å². The Morgan fingerprint density at radius 1 is 1.13 bits per heavy atom. The predicted octanol–water partition coefficient (Wildman–Crippen LogP) is 3.56. The summed E-state index contributed by atoms with van der Waals surface area (Å²) in [6.45, 7) is 0.216. The third kappa shape index (κ3) is 3.24. The third-order valence-corrected chi connectivity index (χ3v) is 6.41. The summed E-state index contributed by atoms with van der Waals surface area (Å²) < 4.78 is 16.4. The first kappa shape index (κ1) is 19.6. The Bertz CT molecular complexity index is 1050. The highest BCUT2D eigenvalue weighted by molar-refractivity contribution is 6.11. The van der Waals surface area contributed by atoms with Gasteiger partial charge in [-0.2, -0.15) is 0 Å². The van der Waals surface area contributed by atoms with Crippen LogP contribution in [0.4, 0.5) is 0 Å². The summed E-state index contributed by atoms with van der Waals surface area (Å²) in [5, 5.41) is 0. The number of nitrogens with zero attached hydrogens (tertiary/aromatic N) is 1. The van der Waals surface area contributed by atoms with Crippen molar-refractivity contribution in [2.45, 2.75) is 44.4 Å². The summed E-state index contributed by atoms with van der Waals surface area (Å²) >= 11 is 0. The molecule has 1 fully saturated rings. The molecule has 1 aliphatic carbocycles. The first-order valence-electron chi connectivity index (χ1n) is 10.5. The molecule has 0 spiro atoms. The average molecular weight is 421 g/mol. The van der Waals surface area contributed by atoms with Gasteiger partial charge in [0.05, 0.1) is 43.0 Å². The van der Waals surface area contributed by atoms with E-state index in [-0.39, 0.29) is 36.0 Å². The van der Waals surface area contributed by atoms with Crippen molar-refractivity contribution in [2.75, 3.05) is 7.11 Å². The maximum atomic E-state index is 13.5. The van der Waals surface area contributed by atoms with Crippen LogP contribution in [0.15, 0.2) is 58.4 Å². The van der Waals surface area contributed by atoms with Gasteiger partial charge in [0.15, 0.2) is 11.5 Å². The maximum absolute atomic E-state index is 13.5. The number of hydrogen-bond acceptors (Lipinski definition) is 6. The monoisotopic (exact) mass is 421 g/mol. The maximum Gasteiger partial charge on any atom is 0.337 e. The molecule has 31 heavy (non-hydrogen) atoms. The number of ketones is 1. The number of furan rings is 1. The Balaban J connectivity index is 1.56. The second kappa shape index (κ2) is 7.72. The number of Topliss-reactive ketones (excluding diaryl/α,β-unsaturated/α-hetero) is 1. The molecule has 3 aliphatic rings. The molecule has 2 aliphatic heterocycles. The standard InChI is InChI=1S/C24H23NO6/c1-29-24(28)15-10-8-14(9-11-15)20-19-21(26)17-6-2-3-7-18(17)31-22(19)23(27)25(20)13-16-5-4-12-30-16/h4-5,8-12,17-18,20H,2-3,6-7,13H2,1H3. The van der Waals surface area contributed by atoms with Crippen molar-refractivity contribution in [3.8, 4) is 0 Å². The van der Waals surface area contributed by atoms with Gasteiger partial charge in [0.1, 0.15) is 11.9 Å². The topological polar surface area (TPSA) is 86.0 Å². The normalized spacial score (nSPS) is 25.2. The second-order valence-electron chi connectivity index (χ2n) is 8.18. The largest absolute Gasteiger partial charge is 0.483 e. The number of benzene rings is 1. The van der Waals surface area contributed by atoms with E-state index in [1.165, 1.54) is 7.11 Å². The number of fused-ring (bicyclic) bond motifs is 1.